The first-order chi connectivity index (χ1) is 20.1. The molecule has 8 rings (SSSR count). The fraction of sp³-hybridized carbons (Fsp3) is 0.387. The molecule has 1 N–H and O–H groups in total. The minimum atomic E-state index is -5.14. The first kappa shape index (κ1) is 29.5. The fourth-order valence-electron chi connectivity index (χ4n) is 7.88. The van der Waals surface area contributed by atoms with Crippen molar-refractivity contribution in [2.45, 2.75) is 61.2 Å². The number of ether oxygens (including phenoxy) is 1. The van der Waals surface area contributed by atoms with E-state index in [2.05, 4.69) is 21.6 Å². The van der Waals surface area contributed by atoms with Gasteiger partial charge in [-0.05, 0) is 68.4 Å². The summed E-state index contributed by atoms with van der Waals surface area (Å²) in [6.07, 6.45) is 7.38. The van der Waals surface area contributed by atoms with Gasteiger partial charge in [-0.15, -0.1) is 0 Å². The third kappa shape index (κ3) is 4.62. The van der Waals surface area contributed by atoms with E-state index in [0.29, 0.717) is 17.1 Å². The van der Waals surface area contributed by atoms with Crippen LogP contribution in [-0.2, 0) is 45.9 Å². The van der Waals surface area contributed by atoms with Gasteiger partial charge in [-0.1, -0.05) is 6.07 Å². The Kier molecular flexibility index (Phi) is 7.13. The number of fused-ring (bicyclic) bond motifs is 4. The van der Waals surface area contributed by atoms with Crippen molar-refractivity contribution in [3.8, 4) is 11.5 Å². The van der Waals surface area contributed by atoms with Gasteiger partial charge in [-0.3, -0.25) is 4.55 Å². The van der Waals surface area contributed by atoms with Crippen LogP contribution < -0.4 is 24.8 Å². The largest absolute Gasteiger partial charge is 0.744 e. The van der Waals surface area contributed by atoms with Crippen LogP contribution in [0.15, 0.2) is 40.1 Å². The zero-order chi connectivity index (χ0) is 29.0. The van der Waals surface area contributed by atoms with E-state index in [0.717, 1.165) is 112 Å². The second-order valence-electron chi connectivity index (χ2n) is 11.9. The molecule has 5 aliphatic rings. The second kappa shape index (κ2) is 10.4. The SMILES string of the molecule is O=S(=O)([O-])c1cc(S(=O)(=O)O)ccc1C1=c2cc3c4c(c2Oc2c1cc1c5c2CCCN5CCC1)CCC[N+]=4CCC3.[Na]. The molecule has 0 unspecified atom stereocenters. The summed E-state index contributed by atoms with van der Waals surface area (Å²) in [6, 6.07) is 7.45. The Labute approximate surface area is 272 Å². The van der Waals surface area contributed by atoms with Crippen molar-refractivity contribution < 1.29 is 30.7 Å². The number of benzene rings is 3. The summed E-state index contributed by atoms with van der Waals surface area (Å²) in [4.78, 5) is 1.11. The number of rotatable bonds is 3. The van der Waals surface area contributed by atoms with Gasteiger partial charge in [-0.2, -0.15) is 8.42 Å². The molecule has 0 saturated heterocycles. The number of hydrogen-bond donors (Lipinski definition) is 1. The van der Waals surface area contributed by atoms with Gasteiger partial charge in [0.05, 0.1) is 15.4 Å². The average Bonchev–Trinajstić information content (AvgIpc) is 2.96. The molecule has 0 atom stereocenters. The number of hydrogen-bond acceptors (Lipinski definition) is 7. The molecule has 0 aromatic heterocycles. The molecule has 43 heavy (non-hydrogen) atoms. The van der Waals surface area contributed by atoms with E-state index in [4.69, 9.17) is 4.74 Å². The molecule has 9 nitrogen and oxygen atoms in total. The molecule has 0 bridgehead atoms. The maximum absolute atomic E-state index is 12.7. The van der Waals surface area contributed by atoms with Crippen LogP contribution in [0.1, 0.15) is 59.1 Å². The van der Waals surface area contributed by atoms with Crippen molar-refractivity contribution in [2.75, 3.05) is 31.1 Å². The van der Waals surface area contributed by atoms with Crippen LogP contribution in [0.5, 0.6) is 11.5 Å². The standard InChI is InChI=1S/C31H30N2O7S2.Na/c34-41(35,36)20-9-10-21(26(17-20)42(37,38)39)27-24-15-18-5-1-11-32-13-3-7-22(28(18)32)30(24)40-31-23-8-4-14-33-12-2-6-19(29(23)33)16-25(27)31;/h9-10,15-17H,1-8,11-14H2,(H-,34,35,36,37,38,39);. The summed E-state index contributed by atoms with van der Waals surface area (Å²) in [7, 11) is -9.88. The first-order valence-electron chi connectivity index (χ1n) is 14.6. The molecule has 0 aliphatic carbocycles. The molecule has 0 fully saturated rings. The van der Waals surface area contributed by atoms with Crippen molar-refractivity contribution >= 4 is 61.1 Å². The van der Waals surface area contributed by atoms with E-state index in [1.807, 2.05) is 0 Å². The molecular weight excluding hydrogens is 599 g/mol. The van der Waals surface area contributed by atoms with Crippen LogP contribution in [-0.4, -0.2) is 81.7 Å². The summed E-state index contributed by atoms with van der Waals surface area (Å²) >= 11 is 0. The Morgan fingerprint density at radius 3 is 2.26 bits per heavy atom. The predicted octanol–water partition coefficient (Wildman–Crippen LogP) is 1.89. The first-order valence-corrected chi connectivity index (χ1v) is 17.4. The molecule has 1 radical (unpaired) electrons. The third-order valence-electron chi connectivity index (χ3n) is 9.48. The number of aryl methyl sites for hydroxylation is 2. The Balaban J connectivity index is 0.00000300. The molecule has 3 aromatic rings. The molecular formula is C31H30N2NaO7S2. The Hall–Kier alpha value is -2.25. The van der Waals surface area contributed by atoms with Crippen LogP contribution in [0.3, 0.4) is 0 Å². The molecule has 0 spiro atoms. The Morgan fingerprint density at radius 1 is 0.814 bits per heavy atom. The van der Waals surface area contributed by atoms with E-state index in [9.17, 15) is 25.9 Å². The third-order valence-corrected chi connectivity index (χ3v) is 11.2. The predicted molar refractivity (Wildman–Crippen MR) is 160 cm³/mol. The van der Waals surface area contributed by atoms with Crippen LogP contribution in [0.2, 0.25) is 0 Å². The van der Waals surface area contributed by atoms with Gasteiger partial charge in [0.1, 0.15) is 34.7 Å². The summed E-state index contributed by atoms with van der Waals surface area (Å²) in [5.74, 6) is 1.39. The van der Waals surface area contributed by atoms with Crippen molar-refractivity contribution in [3.63, 3.8) is 0 Å². The maximum Gasteiger partial charge on any atom is 0.294 e. The summed E-state index contributed by atoms with van der Waals surface area (Å²) in [6.45, 7) is 3.93. The Bertz CT molecular complexity index is 2090. The van der Waals surface area contributed by atoms with Crippen LogP contribution in [0.4, 0.5) is 5.69 Å². The average molecular weight is 630 g/mol. The van der Waals surface area contributed by atoms with E-state index < -0.39 is 30.0 Å². The van der Waals surface area contributed by atoms with Crippen molar-refractivity contribution in [2.24, 2.45) is 0 Å². The van der Waals surface area contributed by atoms with Gasteiger partial charge >= 0.3 is 0 Å². The van der Waals surface area contributed by atoms with Gasteiger partial charge in [-0.25, -0.2) is 13.0 Å². The van der Waals surface area contributed by atoms with Gasteiger partial charge in [0, 0.05) is 94.2 Å². The monoisotopic (exact) mass is 629 g/mol. The summed E-state index contributed by atoms with van der Waals surface area (Å²) in [5, 5.41) is 1.93. The Morgan fingerprint density at radius 2 is 1.51 bits per heavy atom. The van der Waals surface area contributed by atoms with Crippen LogP contribution in [0.25, 0.3) is 5.57 Å². The molecule has 5 aliphatic heterocycles. The van der Waals surface area contributed by atoms with Gasteiger partial charge < -0.3 is 14.2 Å². The quantitative estimate of drug-likeness (QED) is 0.207. The topological polar surface area (TPSA) is 127 Å². The van der Waals surface area contributed by atoms with Gasteiger partial charge in [0.25, 0.3) is 10.1 Å². The molecule has 0 saturated carbocycles. The normalized spacial score (nSPS) is 18.5. The van der Waals surface area contributed by atoms with E-state index in [-0.39, 0.29) is 35.1 Å². The zero-order valence-corrected chi connectivity index (χ0v) is 27.6. The van der Waals surface area contributed by atoms with E-state index >= 15 is 0 Å². The van der Waals surface area contributed by atoms with Crippen LogP contribution in [0, 0.1) is 0 Å². The zero-order valence-electron chi connectivity index (χ0n) is 24.0. The summed E-state index contributed by atoms with van der Waals surface area (Å²) in [5.41, 5.74) is 7.17. The van der Waals surface area contributed by atoms with Crippen LogP contribution >= 0.6 is 0 Å². The smallest absolute Gasteiger partial charge is 0.294 e. The molecule has 12 heteroatoms. The molecule has 219 valence electrons. The number of nitrogens with zero attached hydrogens (tertiary/aromatic N) is 2. The van der Waals surface area contributed by atoms with Gasteiger partial charge in [0.15, 0.2) is 0 Å². The van der Waals surface area contributed by atoms with Crippen molar-refractivity contribution in [3.05, 3.63) is 74.3 Å². The maximum atomic E-state index is 12.7. The van der Waals surface area contributed by atoms with Crippen molar-refractivity contribution in [1.29, 1.82) is 0 Å². The minimum absolute atomic E-state index is 0. The molecule has 0 amide bonds. The second-order valence-corrected chi connectivity index (χ2v) is 14.7. The number of anilines is 1. The fourth-order valence-corrected chi connectivity index (χ4v) is 9.17. The molecule has 5 heterocycles. The summed E-state index contributed by atoms with van der Waals surface area (Å²) < 4.78 is 81.2. The van der Waals surface area contributed by atoms with E-state index in [1.165, 1.54) is 28.2 Å². The van der Waals surface area contributed by atoms with Gasteiger partial charge in [0.2, 0.25) is 5.36 Å². The minimum Gasteiger partial charge on any atom is -0.744 e. The molecule has 3 aromatic carbocycles. The van der Waals surface area contributed by atoms with Crippen molar-refractivity contribution in [1.82, 2.24) is 4.58 Å². The van der Waals surface area contributed by atoms with E-state index in [1.54, 1.807) is 0 Å².